The predicted octanol–water partition coefficient (Wildman–Crippen LogP) is -0.256. The Hall–Kier alpha value is -1.10. The van der Waals surface area contributed by atoms with Crippen molar-refractivity contribution in [2.45, 2.75) is 20.4 Å². The van der Waals surface area contributed by atoms with Gasteiger partial charge in [-0.15, -0.1) is 0 Å². The van der Waals surface area contributed by atoms with Crippen LogP contribution in [0.4, 0.5) is 0 Å². The van der Waals surface area contributed by atoms with Crippen LogP contribution in [0.5, 0.6) is 0 Å². The van der Waals surface area contributed by atoms with Crippen LogP contribution in [0.2, 0.25) is 0 Å². The van der Waals surface area contributed by atoms with Crippen molar-refractivity contribution >= 4 is 6.08 Å². The average molecular weight is 354 g/mol. The smallest absolute Gasteiger partial charge is 0.169 e. The van der Waals surface area contributed by atoms with Crippen LogP contribution in [0.25, 0.3) is 6.08 Å². The molecule has 2 rings (SSSR count). The summed E-state index contributed by atoms with van der Waals surface area (Å²) in [7, 11) is 0. The highest BCUT2D eigenvalue weighted by Gasteiger charge is 2.04. The topological polar surface area (TPSA) is 7.12 Å². The summed E-state index contributed by atoms with van der Waals surface area (Å²) in [6.07, 6.45) is 14.8. The van der Waals surface area contributed by atoms with Crippen molar-refractivity contribution in [3.8, 4) is 0 Å². The van der Waals surface area contributed by atoms with E-state index in [2.05, 4.69) is 78.3 Å². The molecular formula is C15H19IN2. The molecule has 0 fully saturated rings. The first-order chi connectivity index (χ1) is 8.33. The summed E-state index contributed by atoms with van der Waals surface area (Å²) in [5.41, 5.74) is 2.48. The van der Waals surface area contributed by atoms with Crippen LogP contribution in [-0.4, -0.2) is 11.4 Å². The number of hydrogen-bond acceptors (Lipinski definition) is 1. The fraction of sp³-hybridized carbons (Fsp3) is 0.267. The second-order valence-corrected chi connectivity index (χ2v) is 4.02. The van der Waals surface area contributed by atoms with Gasteiger partial charge in [-0.25, -0.2) is 4.57 Å². The monoisotopic (exact) mass is 354 g/mol. The third-order valence-corrected chi connectivity index (χ3v) is 2.91. The van der Waals surface area contributed by atoms with E-state index in [1.54, 1.807) is 0 Å². The normalized spacial score (nSPS) is 15.9. The van der Waals surface area contributed by atoms with E-state index >= 15 is 0 Å². The number of rotatable bonds is 3. The Morgan fingerprint density at radius 1 is 1.17 bits per heavy atom. The summed E-state index contributed by atoms with van der Waals surface area (Å²) >= 11 is 0. The van der Waals surface area contributed by atoms with Gasteiger partial charge >= 0.3 is 0 Å². The first-order valence-corrected chi connectivity index (χ1v) is 6.15. The van der Waals surface area contributed by atoms with E-state index in [4.69, 9.17) is 0 Å². The molecule has 1 aromatic rings. The van der Waals surface area contributed by atoms with Gasteiger partial charge in [-0.3, -0.25) is 0 Å². The van der Waals surface area contributed by atoms with Gasteiger partial charge in [0.25, 0.3) is 0 Å². The van der Waals surface area contributed by atoms with Gasteiger partial charge in [0.05, 0.1) is 0 Å². The Bertz CT molecular complexity index is 458. The lowest BCUT2D eigenvalue weighted by Crippen LogP contribution is -3.00. The molecule has 0 atom stereocenters. The van der Waals surface area contributed by atoms with Crippen LogP contribution in [0.3, 0.4) is 0 Å². The van der Waals surface area contributed by atoms with Crippen LogP contribution in [0.1, 0.15) is 19.4 Å². The van der Waals surface area contributed by atoms with Gasteiger partial charge in [-0.1, -0.05) is 6.08 Å². The fourth-order valence-corrected chi connectivity index (χ4v) is 1.86. The molecule has 0 N–H and O–H groups in total. The Morgan fingerprint density at radius 3 is 2.50 bits per heavy atom. The van der Waals surface area contributed by atoms with Crippen LogP contribution in [-0.2, 0) is 6.54 Å². The van der Waals surface area contributed by atoms with E-state index in [-0.39, 0.29) is 24.0 Å². The largest absolute Gasteiger partial charge is 1.00 e. The van der Waals surface area contributed by atoms with Gasteiger partial charge < -0.3 is 28.9 Å². The Morgan fingerprint density at radius 2 is 1.89 bits per heavy atom. The van der Waals surface area contributed by atoms with E-state index in [1.807, 2.05) is 0 Å². The number of nitrogens with zero attached hydrogens (tertiary/aromatic N) is 2. The number of aromatic nitrogens is 1. The highest BCUT2D eigenvalue weighted by molar-refractivity contribution is 5.55. The van der Waals surface area contributed by atoms with Crippen molar-refractivity contribution in [2.24, 2.45) is 0 Å². The molecule has 0 saturated carbocycles. The molecule has 96 valence electrons. The molecule has 1 aromatic heterocycles. The van der Waals surface area contributed by atoms with Crippen molar-refractivity contribution in [3.63, 3.8) is 0 Å². The number of allylic oxidation sites excluding steroid dienone is 3. The quantitative estimate of drug-likeness (QED) is 0.536. The highest BCUT2D eigenvalue weighted by atomic mass is 127. The lowest BCUT2D eigenvalue weighted by molar-refractivity contribution is -0.693. The molecule has 18 heavy (non-hydrogen) atoms. The lowest BCUT2D eigenvalue weighted by atomic mass is 10.2. The molecule has 0 amide bonds. The Balaban J connectivity index is 0.00000162. The Kier molecular flexibility index (Phi) is 6.12. The molecule has 0 unspecified atom stereocenters. The lowest BCUT2D eigenvalue weighted by Gasteiger charge is -2.21. The van der Waals surface area contributed by atoms with Gasteiger partial charge in [-0.2, -0.15) is 0 Å². The molecule has 2 nitrogen and oxygen atoms in total. The summed E-state index contributed by atoms with van der Waals surface area (Å²) in [6.45, 7) is 6.31. The molecule has 0 radical (unpaired) electrons. The first-order valence-electron chi connectivity index (χ1n) is 6.15. The highest BCUT2D eigenvalue weighted by Crippen LogP contribution is 2.15. The summed E-state index contributed by atoms with van der Waals surface area (Å²) in [4.78, 5) is 2.24. The third kappa shape index (κ3) is 3.70. The molecule has 2 heterocycles. The van der Waals surface area contributed by atoms with Gasteiger partial charge in [0.15, 0.2) is 12.4 Å². The van der Waals surface area contributed by atoms with E-state index in [9.17, 15) is 0 Å². The van der Waals surface area contributed by atoms with E-state index in [1.165, 1.54) is 11.3 Å². The van der Waals surface area contributed by atoms with E-state index < -0.39 is 0 Å². The minimum absolute atomic E-state index is 0. The molecule has 0 aromatic carbocycles. The molecular weight excluding hydrogens is 335 g/mol. The Labute approximate surface area is 126 Å². The van der Waals surface area contributed by atoms with Crippen molar-refractivity contribution in [3.05, 3.63) is 60.2 Å². The molecule has 1 aliphatic rings. The van der Waals surface area contributed by atoms with Gasteiger partial charge in [0.1, 0.15) is 6.54 Å². The summed E-state index contributed by atoms with van der Waals surface area (Å²) in [5, 5.41) is 0. The minimum atomic E-state index is 0. The maximum absolute atomic E-state index is 2.24. The number of likely N-dealkylation sites (N-methyl/N-ethyl adjacent to an activating group) is 1. The summed E-state index contributed by atoms with van der Waals surface area (Å²) in [6, 6.07) is 4.30. The van der Waals surface area contributed by atoms with E-state index in [0.717, 1.165) is 13.1 Å². The fourth-order valence-electron chi connectivity index (χ4n) is 1.86. The van der Waals surface area contributed by atoms with Crippen molar-refractivity contribution in [1.29, 1.82) is 0 Å². The third-order valence-electron chi connectivity index (χ3n) is 2.91. The zero-order valence-electron chi connectivity index (χ0n) is 10.9. The minimum Gasteiger partial charge on any atom is -1.00 e. The zero-order chi connectivity index (χ0) is 12.1. The number of aryl methyl sites for hydroxylation is 1. The van der Waals surface area contributed by atoms with Crippen molar-refractivity contribution in [2.75, 3.05) is 6.54 Å². The second-order valence-electron chi connectivity index (χ2n) is 4.02. The van der Waals surface area contributed by atoms with Crippen LogP contribution in [0, 0.1) is 0 Å². The number of pyridine rings is 1. The molecule has 3 heteroatoms. The standard InChI is InChI=1S/C15H19N2.HI/c1-3-16-11-8-14(9-12-16)13-15-7-5-6-10-17(15)4-2;/h5-13H,3-4H2,1-2H3;1H/q+1;/p-1. The summed E-state index contributed by atoms with van der Waals surface area (Å²) < 4.78 is 2.16. The van der Waals surface area contributed by atoms with Crippen molar-refractivity contribution in [1.82, 2.24) is 4.90 Å². The van der Waals surface area contributed by atoms with Crippen LogP contribution >= 0.6 is 0 Å². The molecule has 0 aliphatic carbocycles. The molecule has 0 saturated heterocycles. The number of halogens is 1. The SMILES string of the molecule is CCN1C=CC=CC1=Cc1cc[n+](CC)cc1.[I-]. The first kappa shape index (κ1) is 15.0. The van der Waals surface area contributed by atoms with Crippen LogP contribution in [0.15, 0.2) is 54.7 Å². The van der Waals surface area contributed by atoms with Gasteiger partial charge in [0, 0.05) is 30.6 Å². The van der Waals surface area contributed by atoms with Gasteiger partial charge in [-0.05, 0) is 37.6 Å². The molecule has 0 bridgehead atoms. The van der Waals surface area contributed by atoms with Crippen molar-refractivity contribution < 1.29 is 28.5 Å². The maximum atomic E-state index is 2.24. The second kappa shape index (κ2) is 7.36. The van der Waals surface area contributed by atoms with Gasteiger partial charge in [0.2, 0.25) is 0 Å². The van der Waals surface area contributed by atoms with E-state index in [0.29, 0.717) is 0 Å². The molecule has 0 spiro atoms. The number of hydrogen-bond donors (Lipinski definition) is 0. The predicted molar refractivity (Wildman–Crippen MR) is 70.9 cm³/mol. The summed E-state index contributed by atoms with van der Waals surface area (Å²) in [5.74, 6) is 0. The maximum Gasteiger partial charge on any atom is 0.169 e. The zero-order valence-corrected chi connectivity index (χ0v) is 13.0. The van der Waals surface area contributed by atoms with Crippen LogP contribution < -0.4 is 28.5 Å². The molecule has 1 aliphatic heterocycles. The average Bonchev–Trinajstić information content (AvgIpc) is 2.40.